The maximum absolute atomic E-state index is 5.71. The van der Waals surface area contributed by atoms with Gasteiger partial charge in [-0.05, 0) is 81.3 Å². The van der Waals surface area contributed by atoms with Crippen molar-refractivity contribution in [3.05, 3.63) is 60.2 Å². The minimum atomic E-state index is 0.731. The smallest absolute Gasteiger partial charge is 0.0716 e. The van der Waals surface area contributed by atoms with Crippen LogP contribution in [0.15, 0.2) is 49.1 Å². The number of rotatable bonds is 10. The summed E-state index contributed by atoms with van der Waals surface area (Å²) in [4.78, 5) is 0. The summed E-state index contributed by atoms with van der Waals surface area (Å²) in [5, 5.41) is 0. The van der Waals surface area contributed by atoms with Gasteiger partial charge >= 0.3 is 0 Å². The highest BCUT2D eigenvalue weighted by molar-refractivity contribution is 5.25. The quantitative estimate of drug-likeness (QED) is 0.339. The molecule has 0 bridgehead atoms. The second-order valence-electron chi connectivity index (χ2n) is 7.09. The second-order valence-corrected chi connectivity index (χ2v) is 7.09. The van der Waals surface area contributed by atoms with Crippen LogP contribution in [0.4, 0.5) is 0 Å². The van der Waals surface area contributed by atoms with Gasteiger partial charge in [-0.2, -0.15) is 0 Å². The van der Waals surface area contributed by atoms with E-state index in [9.17, 15) is 0 Å². The SMILES string of the molecule is C=CCCCOCc1ccc([C@H]2CC[C@H](CCC=CC)CC2)cc1. The number of benzene rings is 1. The molecule has 0 amide bonds. The van der Waals surface area contributed by atoms with Crippen molar-refractivity contribution in [2.24, 2.45) is 5.92 Å². The summed E-state index contributed by atoms with van der Waals surface area (Å²) in [6.45, 7) is 7.41. The Morgan fingerprint density at radius 1 is 1.08 bits per heavy atom. The topological polar surface area (TPSA) is 9.23 Å². The van der Waals surface area contributed by atoms with Gasteiger partial charge in [-0.25, -0.2) is 0 Å². The Morgan fingerprint density at radius 3 is 2.50 bits per heavy atom. The Hall–Kier alpha value is -1.34. The first-order valence-corrected chi connectivity index (χ1v) is 9.72. The molecule has 2 rings (SSSR count). The van der Waals surface area contributed by atoms with Gasteiger partial charge in [-0.15, -0.1) is 6.58 Å². The molecule has 1 nitrogen and oxygen atoms in total. The molecular weight excluding hydrogens is 292 g/mol. The summed E-state index contributed by atoms with van der Waals surface area (Å²) < 4.78 is 5.71. The standard InChI is InChI=1S/C23H34O/c1-3-5-7-9-20-10-14-22(15-11-20)23-16-12-21(13-17-23)19-24-18-8-6-4-2/h3-5,12-13,16-17,20,22H,2,6-11,14-15,18-19H2,1H3/t20-,22-. The van der Waals surface area contributed by atoms with Gasteiger partial charge < -0.3 is 4.74 Å². The van der Waals surface area contributed by atoms with Crippen LogP contribution in [0, 0.1) is 5.92 Å². The third kappa shape index (κ3) is 6.65. The van der Waals surface area contributed by atoms with Gasteiger partial charge in [0.15, 0.2) is 0 Å². The van der Waals surface area contributed by atoms with Crippen molar-refractivity contribution in [1.29, 1.82) is 0 Å². The molecule has 1 aliphatic carbocycles. The molecule has 0 saturated heterocycles. The van der Waals surface area contributed by atoms with E-state index < -0.39 is 0 Å². The molecule has 132 valence electrons. The van der Waals surface area contributed by atoms with Crippen LogP contribution in [0.3, 0.4) is 0 Å². The summed E-state index contributed by atoms with van der Waals surface area (Å²) in [7, 11) is 0. The van der Waals surface area contributed by atoms with E-state index in [0.29, 0.717) is 0 Å². The van der Waals surface area contributed by atoms with Crippen molar-refractivity contribution < 1.29 is 4.74 Å². The zero-order chi connectivity index (χ0) is 17.0. The molecule has 1 aromatic rings. The van der Waals surface area contributed by atoms with Crippen LogP contribution in [0.2, 0.25) is 0 Å². The zero-order valence-electron chi connectivity index (χ0n) is 15.4. The average molecular weight is 327 g/mol. The summed E-state index contributed by atoms with van der Waals surface area (Å²) in [5.74, 6) is 1.71. The molecule has 1 aliphatic rings. The van der Waals surface area contributed by atoms with Gasteiger partial charge in [0.2, 0.25) is 0 Å². The first-order valence-electron chi connectivity index (χ1n) is 9.72. The van der Waals surface area contributed by atoms with E-state index in [2.05, 4.69) is 49.9 Å². The first kappa shape index (κ1) is 19.0. The Morgan fingerprint density at radius 2 is 1.83 bits per heavy atom. The van der Waals surface area contributed by atoms with Crippen molar-refractivity contribution in [3.8, 4) is 0 Å². The maximum atomic E-state index is 5.71. The van der Waals surface area contributed by atoms with Gasteiger partial charge in [0.25, 0.3) is 0 Å². The molecule has 0 aliphatic heterocycles. The molecule has 1 saturated carbocycles. The van der Waals surface area contributed by atoms with Crippen LogP contribution in [0.5, 0.6) is 0 Å². The number of unbranched alkanes of at least 4 members (excludes halogenated alkanes) is 1. The summed E-state index contributed by atoms with van der Waals surface area (Å²) in [6, 6.07) is 9.16. The van der Waals surface area contributed by atoms with Gasteiger partial charge in [0.05, 0.1) is 6.61 Å². The van der Waals surface area contributed by atoms with Crippen LogP contribution in [0.1, 0.15) is 75.3 Å². The molecular formula is C23H34O. The normalized spacial score (nSPS) is 21.2. The average Bonchev–Trinajstić information content (AvgIpc) is 2.63. The molecule has 24 heavy (non-hydrogen) atoms. The molecule has 1 fully saturated rings. The Bertz CT molecular complexity index is 477. The zero-order valence-corrected chi connectivity index (χ0v) is 15.4. The lowest BCUT2D eigenvalue weighted by Gasteiger charge is -2.28. The van der Waals surface area contributed by atoms with E-state index in [0.717, 1.165) is 37.9 Å². The molecule has 0 heterocycles. The maximum Gasteiger partial charge on any atom is 0.0716 e. The number of hydrogen-bond acceptors (Lipinski definition) is 1. The molecule has 0 radical (unpaired) electrons. The van der Waals surface area contributed by atoms with Gasteiger partial charge in [0, 0.05) is 6.61 Å². The number of ether oxygens (including phenoxy) is 1. The number of allylic oxidation sites excluding steroid dienone is 3. The van der Waals surface area contributed by atoms with Crippen molar-refractivity contribution in [2.45, 2.75) is 70.8 Å². The fourth-order valence-electron chi connectivity index (χ4n) is 3.69. The lowest BCUT2D eigenvalue weighted by Crippen LogP contribution is -2.13. The summed E-state index contributed by atoms with van der Waals surface area (Å²) in [5.41, 5.74) is 2.81. The van der Waals surface area contributed by atoms with E-state index in [-0.39, 0.29) is 0 Å². The van der Waals surface area contributed by atoms with Crippen molar-refractivity contribution >= 4 is 0 Å². The third-order valence-electron chi connectivity index (χ3n) is 5.24. The van der Waals surface area contributed by atoms with Crippen molar-refractivity contribution in [2.75, 3.05) is 6.61 Å². The lowest BCUT2D eigenvalue weighted by molar-refractivity contribution is 0.119. The van der Waals surface area contributed by atoms with E-state index in [1.165, 1.54) is 49.7 Å². The highest BCUT2D eigenvalue weighted by Gasteiger charge is 2.21. The van der Waals surface area contributed by atoms with Crippen LogP contribution >= 0.6 is 0 Å². The fourth-order valence-corrected chi connectivity index (χ4v) is 3.69. The van der Waals surface area contributed by atoms with Gasteiger partial charge in [0.1, 0.15) is 0 Å². The molecule has 0 aromatic heterocycles. The molecule has 0 unspecified atom stereocenters. The highest BCUT2D eigenvalue weighted by atomic mass is 16.5. The minimum absolute atomic E-state index is 0.731. The minimum Gasteiger partial charge on any atom is -0.377 e. The highest BCUT2D eigenvalue weighted by Crippen LogP contribution is 2.37. The Kier molecular flexibility index (Phi) is 8.91. The van der Waals surface area contributed by atoms with Crippen LogP contribution in [-0.2, 0) is 11.3 Å². The molecule has 1 heteroatoms. The molecule has 0 atom stereocenters. The fraction of sp³-hybridized carbons (Fsp3) is 0.565. The predicted molar refractivity (Wildman–Crippen MR) is 104 cm³/mol. The lowest BCUT2D eigenvalue weighted by atomic mass is 9.77. The van der Waals surface area contributed by atoms with E-state index in [1.54, 1.807) is 0 Å². The summed E-state index contributed by atoms with van der Waals surface area (Å²) >= 11 is 0. The first-order chi connectivity index (χ1) is 11.8. The second kappa shape index (κ2) is 11.3. The van der Waals surface area contributed by atoms with E-state index >= 15 is 0 Å². The Balaban J connectivity index is 1.70. The van der Waals surface area contributed by atoms with Gasteiger partial charge in [-0.3, -0.25) is 0 Å². The predicted octanol–water partition coefficient (Wildman–Crippen LogP) is 6.80. The third-order valence-corrected chi connectivity index (χ3v) is 5.24. The van der Waals surface area contributed by atoms with E-state index in [4.69, 9.17) is 4.74 Å². The van der Waals surface area contributed by atoms with Crippen LogP contribution in [-0.4, -0.2) is 6.61 Å². The van der Waals surface area contributed by atoms with Crippen molar-refractivity contribution in [3.63, 3.8) is 0 Å². The van der Waals surface area contributed by atoms with Crippen molar-refractivity contribution in [1.82, 2.24) is 0 Å². The van der Waals surface area contributed by atoms with Crippen LogP contribution < -0.4 is 0 Å². The summed E-state index contributed by atoms with van der Waals surface area (Å²) in [6.07, 6.45) is 16.7. The molecule has 0 N–H and O–H groups in total. The Labute approximate surface area is 148 Å². The largest absolute Gasteiger partial charge is 0.377 e. The molecule has 0 spiro atoms. The monoisotopic (exact) mass is 326 g/mol. The molecule has 1 aromatic carbocycles. The number of hydrogen-bond donors (Lipinski definition) is 0. The van der Waals surface area contributed by atoms with Gasteiger partial charge in [-0.1, -0.05) is 42.5 Å². The van der Waals surface area contributed by atoms with Crippen LogP contribution in [0.25, 0.3) is 0 Å². The van der Waals surface area contributed by atoms with E-state index in [1.807, 2.05) is 6.08 Å².